The first-order valence-electron chi connectivity index (χ1n) is 15.5. The summed E-state index contributed by atoms with van der Waals surface area (Å²) in [6, 6.07) is 43.2. The molecule has 0 aromatic heterocycles. The van der Waals surface area contributed by atoms with Crippen LogP contribution in [0.2, 0.25) is 0 Å². The van der Waals surface area contributed by atoms with E-state index in [-0.39, 0.29) is 0 Å². The molecule has 4 rings (SSSR count). The standard InChI is InChI=1S/2C6H13O.4C6H5.O.2Sn/c2*1-2-3-4-5-6-7;4*1-2-4-6-5-3-1;;;/h2*2-6H2,1H3;4*1-5H;;;/q2*-1;;;;;;2*+1. The van der Waals surface area contributed by atoms with Gasteiger partial charge in [0.1, 0.15) is 0 Å². The molecule has 0 heterocycles. The molecule has 0 bridgehead atoms. The van der Waals surface area contributed by atoms with Crippen molar-refractivity contribution in [1.29, 1.82) is 0 Å². The van der Waals surface area contributed by atoms with Gasteiger partial charge in [0.25, 0.3) is 0 Å². The molecule has 0 spiro atoms. The van der Waals surface area contributed by atoms with Gasteiger partial charge in [0, 0.05) is 0 Å². The van der Waals surface area contributed by atoms with Crippen molar-refractivity contribution in [3.63, 3.8) is 0 Å². The summed E-state index contributed by atoms with van der Waals surface area (Å²) < 4.78 is 27.3. The molecule has 4 aromatic rings. The Balaban J connectivity index is 1.89. The summed E-state index contributed by atoms with van der Waals surface area (Å²) in [6.07, 6.45) is 9.26. The maximum absolute atomic E-state index is 7.96. The molecule has 41 heavy (non-hydrogen) atoms. The molecule has 0 amide bonds. The molecule has 0 N–H and O–H groups in total. The molecule has 3 nitrogen and oxygen atoms in total. The first-order valence-corrected chi connectivity index (χ1v) is 25.8. The molecule has 0 saturated carbocycles. The van der Waals surface area contributed by atoms with Crippen LogP contribution in [-0.4, -0.2) is 51.6 Å². The van der Waals surface area contributed by atoms with Gasteiger partial charge in [-0.15, -0.1) is 0 Å². The van der Waals surface area contributed by atoms with E-state index in [1.54, 1.807) is 0 Å². The van der Waals surface area contributed by atoms with E-state index in [1.807, 2.05) is 0 Å². The summed E-state index contributed by atoms with van der Waals surface area (Å²) in [6.45, 7) is 5.90. The number of rotatable bonds is 18. The zero-order chi connectivity index (χ0) is 28.6. The summed E-state index contributed by atoms with van der Waals surface area (Å²) in [7, 11) is 0. The van der Waals surface area contributed by atoms with Gasteiger partial charge >= 0.3 is 260 Å². The van der Waals surface area contributed by atoms with Crippen LogP contribution in [0.25, 0.3) is 0 Å². The summed E-state index contributed by atoms with van der Waals surface area (Å²) in [5.74, 6) is 0. The van der Waals surface area contributed by atoms with E-state index in [0.717, 1.165) is 12.8 Å². The predicted octanol–water partition coefficient (Wildman–Crippen LogP) is 6.71. The van der Waals surface area contributed by atoms with Crippen LogP contribution in [0.1, 0.15) is 65.2 Å². The SMILES string of the molecule is CCCCCC[O][Sn]([O][Sn]([O]CCCCCC)([c]1ccccc1)[c]1ccccc1)([c]1ccccc1)[c]1ccccc1. The van der Waals surface area contributed by atoms with E-state index in [9.17, 15) is 0 Å². The average molecular weight is 764 g/mol. The number of hydrogen-bond acceptors (Lipinski definition) is 3. The third kappa shape index (κ3) is 8.70. The normalized spacial score (nSPS) is 12.0. The molecule has 216 valence electrons. The van der Waals surface area contributed by atoms with Gasteiger partial charge in [0.05, 0.1) is 0 Å². The third-order valence-electron chi connectivity index (χ3n) is 7.51. The molecule has 0 saturated heterocycles. The van der Waals surface area contributed by atoms with Crippen molar-refractivity contribution < 1.29 is 7.56 Å². The van der Waals surface area contributed by atoms with Crippen molar-refractivity contribution in [3.05, 3.63) is 121 Å². The molecular formula is C36H46O3Sn2. The van der Waals surface area contributed by atoms with E-state index >= 15 is 0 Å². The van der Waals surface area contributed by atoms with Crippen molar-refractivity contribution in [2.75, 3.05) is 13.2 Å². The molecule has 0 fully saturated rings. The molecule has 0 unspecified atom stereocenters. The third-order valence-corrected chi connectivity index (χ3v) is 36.1. The number of unbranched alkanes of at least 4 members (excludes halogenated alkanes) is 6. The van der Waals surface area contributed by atoms with Gasteiger partial charge in [-0.25, -0.2) is 0 Å². The number of hydrogen-bond donors (Lipinski definition) is 0. The van der Waals surface area contributed by atoms with Crippen LogP contribution < -0.4 is 14.3 Å². The van der Waals surface area contributed by atoms with E-state index < -0.39 is 38.4 Å². The molecule has 4 aromatic carbocycles. The van der Waals surface area contributed by atoms with Crippen LogP contribution >= 0.6 is 0 Å². The molecule has 5 heteroatoms. The quantitative estimate of drug-likeness (QED) is 0.0834. The topological polar surface area (TPSA) is 27.7 Å². The van der Waals surface area contributed by atoms with Gasteiger partial charge < -0.3 is 0 Å². The Hall–Kier alpha value is -1.64. The molecule has 0 aliphatic carbocycles. The Kier molecular flexibility index (Phi) is 13.8. The van der Waals surface area contributed by atoms with E-state index in [0.29, 0.717) is 13.2 Å². The Morgan fingerprint density at radius 3 is 0.951 bits per heavy atom. The molecule has 0 aliphatic rings. The fourth-order valence-electron chi connectivity index (χ4n) is 5.28. The van der Waals surface area contributed by atoms with Crippen molar-refractivity contribution in [2.45, 2.75) is 65.2 Å². The van der Waals surface area contributed by atoms with Crippen molar-refractivity contribution in [2.24, 2.45) is 0 Å². The van der Waals surface area contributed by atoms with Crippen LogP contribution in [0.15, 0.2) is 121 Å². The second-order valence-electron chi connectivity index (χ2n) is 10.6. The first kappa shape index (κ1) is 32.3. The predicted molar refractivity (Wildman–Crippen MR) is 177 cm³/mol. The van der Waals surface area contributed by atoms with Crippen LogP contribution in [0.3, 0.4) is 0 Å². The van der Waals surface area contributed by atoms with Crippen LogP contribution in [-0.2, 0) is 7.56 Å². The van der Waals surface area contributed by atoms with Gasteiger partial charge in [-0.05, 0) is 0 Å². The maximum atomic E-state index is 7.96. The minimum atomic E-state index is -4.29. The van der Waals surface area contributed by atoms with Crippen molar-refractivity contribution in [3.8, 4) is 0 Å². The Morgan fingerprint density at radius 2 is 0.683 bits per heavy atom. The fraction of sp³-hybridized carbons (Fsp3) is 0.333. The van der Waals surface area contributed by atoms with Gasteiger partial charge in [-0.1, -0.05) is 0 Å². The Morgan fingerprint density at radius 1 is 0.390 bits per heavy atom. The van der Waals surface area contributed by atoms with Gasteiger partial charge in [0.15, 0.2) is 0 Å². The Bertz CT molecular complexity index is 1060. The summed E-state index contributed by atoms with van der Waals surface area (Å²) in [4.78, 5) is 0. The average Bonchev–Trinajstić information content (AvgIpc) is 3.05. The van der Waals surface area contributed by atoms with Crippen LogP contribution in [0.5, 0.6) is 0 Å². The van der Waals surface area contributed by atoms with E-state index in [2.05, 4.69) is 135 Å². The fourth-order valence-corrected chi connectivity index (χ4v) is 40.6. The zero-order valence-electron chi connectivity index (χ0n) is 24.8. The summed E-state index contributed by atoms with van der Waals surface area (Å²) in [5.41, 5.74) is 0. The summed E-state index contributed by atoms with van der Waals surface area (Å²) in [5, 5.41) is 0. The monoisotopic (exact) mass is 766 g/mol. The summed E-state index contributed by atoms with van der Waals surface area (Å²) >= 11 is -8.59. The van der Waals surface area contributed by atoms with Gasteiger partial charge in [-0.3, -0.25) is 0 Å². The van der Waals surface area contributed by atoms with Crippen molar-refractivity contribution in [1.82, 2.24) is 0 Å². The number of benzene rings is 4. The zero-order valence-corrected chi connectivity index (χ0v) is 30.6. The second-order valence-corrected chi connectivity index (χ2v) is 30.4. The molecular weight excluding hydrogens is 718 g/mol. The van der Waals surface area contributed by atoms with E-state index in [4.69, 9.17) is 7.56 Å². The van der Waals surface area contributed by atoms with Gasteiger partial charge in [0.2, 0.25) is 0 Å². The van der Waals surface area contributed by atoms with Gasteiger partial charge in [-0.2, -0.15) is 0 Å². The van der Waals surface area contributed by atoms with Crippen molar-refractivity contribution >= 4 is 52.7 Å². The van der Waals surface area contributed by atoms with Crippen LogP contribution in [0.4, 0.5) is 0 Å². The Labute approximate surface area is 258 Å². The van der Waals surface area contributed by atoms with Crippen LogP contribution in [0, 0.1) is 0 Å². The molecule has 0 radical (unpaired) electrons. The second kappa shape index (κ2) is 17.5. The first-order chi connectivity index (χ1) is 20.2. The minimum absolute atomic E-state index is 0.696. The molecule has 0 atom stereocenters. The molecule has 0 aliphatic heterocycles. The van der Waals surface area contributed by atoms with E-state index in [1.165, 1.54) is 52.8 Å².